The van der Waals surface area contributed by atoms with Crippen LogP contribution in [-0.4, -0.2) is 50.4 Å². The van der Waals surface area contributed by atoms with Gasteiger partial charge >= 0.3 is 0 Å². The zero-order valence-electron chi connectivity index (χ0n) is 11.4. The Balaban J connectivity index is 3.65. The average molecular weight is 265 g/mol. The first-order chi connectivity index (χ1) is 7.77. The maximum absolute atomic E-state index is 10.5. The minimum atomic E-state index is -4.04. The molecule has 0 aromatic heterocycles. The minimum absolute atomic E-state index is 0.232. The molecule has 0 heterocycles. The molecule has 0 radical (unpaired) electrons. The lowest BCUT2D eigenvalue weighted by Gasteiger charge is -2.30. The lowest BCUT2D eigenvalue weighted by molar-refractivity contribution is -0.890. The van der Waals surface area contributed by atoms with Crippen LogP contribution in [0.2, 0.25) is 0 Å². The Morgan fingerprint density at radius 3 is 2.00 bits per heavy atom. The molecule has 17 heavy (non-hydrogen) atoms. The van der Waals surface area contributed by atoms with E-state index in [1.54, 1.807) is 0 Å². The van der Waals surface area contributed by atoms with E-state index in [4.69, 9.17) is 0 Å². The highest BCUT2D eigenvalue weighted by Gasteiger charge is 2.14. The zero-order chi connectivity index (χ0) is 13.4. The molecule has 0 saturated heterocycles. The molecule has 0 aromatic rings. The Hall–Kier alpha value is -0.130. The molecule has 4 nitrogen and oxygen atoms in total. The van der Waals surface area contributed by atoms with E-state index in [9.17, 15) is 13.0 Å². The molecule has 0 aliphatic carbocycles. The predicted octanol–water partition coefficient (Wildman–Crippen LogP) is 1.97. The van der Waals surface area contributed by atoms with Crippen LogP contribution in [0.4, 0.5) is 0 Å². The molecule has 0 N–H and O–H groups in total. The lowest BCUT2D eigenvalue weighted by Crippen LogP contribution is -2.41. The van der Waals surface area contributed by atoms with Gasteiger partial charge in [0.05, 0.1) is 37.3 Å². The standard InChI is InChI=1S/C12H27NO3S/c1-4-5-6-7-8-10-13(2,3)11-9-12-17(14,15)16/h4-12H2,1-3H3. The second kappa shape index (κ2) is 8.06. The van der Waals surface area contributed by atoms with Gasteiger partial charge in [-0.15, -0.1) is 0 Å². The highest BCUT2D eigenvalue weighted by atomic mass is 32.2. The summed E-state index contributed by atoms with van der Waals surface area (Å²) in [5.74, 6) is -0.232. The number of rotatable bonds is 10. The third-order valence-corrected chi connectivity index (χ3v) is 3.81. The van der Waals surface area contributed by atoms with Crippen LogP contribution in [0.3, 0.4) is 0 Å². The van der Waals surface area contributed by atoms with Crippen molar-refractivity contribution < 1.29 is 17.5 Å². The lowest BCUT2D eigenvalue weighted by atomic mass is 10.1. The van der Waals surface area contributed by atoms with E-state index in [0.29, 0.717) is 6.42 Å². The van der Waals surface area contributed by atoms with Gasteiger partial charge in [0, 0.05) is 12.2 Å². The molecule has 0 aliphatic heterocycles. The molecule has 0 unspecified atom stereocenters. The van der Waals surface area contributed by atoms with Gasteiger partial charge in [-0.3, -0.25) is 0 Å². The van der Waals surface area contributed by atoms with Crippen molar-refractivity contribution in [3.8, 4) is 0 Å². The minimum Gasteiger partial charge on any atom is -0.748 e. The van der Waals surface area contributed by atoms with Crippen molar-refractivity contribution in [2.24, 2.45) is 0 Å². The van der Waals surface area contributed by atoms with E-state index in [0.717, 1.165) is 17.6 Å². The van der Waals surface area contributed by atoms with Gasteiger partial charge in [0.25, 0.3) is 0 Å². The first kappa shape index (κ1) is 16.9. The van der Waals surface area contributed by atoms with Gasteiger partial charge in [0.2, 0.25) is 0 Å². The van der Waals surface area contributed by atoms with Gasteiger partial charge in [0.1, 0.15) is 0 Å². The maximum atomic E-state index is 10.5. The molecular formula is C12H27NO3S. The third-order valence-electron chi connectivity index (χ3n) is 3.02. The van der Waals surface area contributed by atoms with Gasteiger partial charge in [-0.25, -0.2) is 8.42 Å². The van der Waals surface area contributed by atoms with Gasteiger partial charge in [-0.2, -0.15) is 0 Å². The molecule has 0 fully saturated rings. The molecule has 0 atom stereocenters. The molecule has 104 valence electrons. The third kappa shape index (κ3) is 12.1. The molecule has 0 saturated carbocycles. The van der Waals surface area contributed by atoms with Crippen molar-refractivity contribution in [3.63, 3.8) is 0 Å². The number of quaternary nitrogens is 1. The molecule has 0 spiro atoms. The van der Waals surface area contributed by atoms with Crippen LogP contribution in [0.15, 0.2) is 0 Å². The van der Waals surface area contributed by atoms with Crippen molar-refractivity contribution in [1.82, 2.24) is 0 Å². The summed E-state index contributed by atoms with van der Waals surface area (Å²) in [6, 6.07) is 0. The average Bonchev–Trinajstić information content (AvgIpc) is 2.14. The topological polar surface area (TPSA) is 57.2 Å². The Morgan fingerprint density at radius 1 is 0.941 bits per heavy atom. The fourth-order valence-electron chi connectivity index (χ4n) is 1.92. The Bertz CT molecular complexity index is 286. The Kier molecular flexibility index (Phi) is 8.00. The summed E-state index contributed by atoms with van der Waals surface area (Å²) in [6.07, 6.45) is 6.72. The SMILES string of the molecule is CCCCCCC[N+](C)(C)CCCS(=O)(=O)[O-]. The largest absolute Gasteiger partial charge is 0.748 e. The van der Waals surface area contributed by atoms with E-state index < -0.39 is 10.1 Å². The van der Waals surface area contributed by atoms with Gasteiger partial charge < -0.3 is 9.04 Å². The van der Waals surface area contributed by atoms with Crippen molar-refractivity contribution in [3.05, 3.63) is 0 Å². The number of hydrogen-bond acceptors (Lipinski definition) is 3. The molecular weight excluding hydrogens is 238 g/mol. The summed E-state index contributed by atoms with van der Waals surface area (Å²) in [4.78, 5) is 0. The van der Waals surface area contributed by atoms with Crippen LogP contribution < -0.4 is 0 Å². The summed E-state index contributed by atoms with van der Waals surface area (Å²) in [7, 11) is 0.150. The van der Waals surface area contributed by atoms with Gasteiger partial charge in [0.15, 0.2) is 0 Å². The van der Waals surface area contributed by atoms with Crippen molar-refractivity contribution in [1.29, 1.82) is 0 Å². The normalized spacial score (nSPS) is 12.9. The zero-order valence-corrected chi connectivity index (χ0v) is 12.3. The smallest absolute Gasteiger partial charge is 0.0948 e. The summed E-state index contributed by atoms with van der Waals surface area (Å²) < 4.78 is 32.3. The number of nitrogens with zero attached hydrogens (tertiary/aromatic N) is 1. The Morgan fingerprint density at radius 2 is 1.47 bits per heavy atom. The fourth-order valence-corrected chi connectivity index (χ4v) is 2.41. The summed E-state index contributed by atoms with van der Waals surface area (Å²) in [5.41, 5.74) is 0. The maximum Gasteiger partial charge on any atom is 0.0948 e. The molecule has 0 aliphatic rings. The first-order valence-corrected chi connectivity index (χ1v) is 8.10. The summed E-state index contributed by atoms with van der Waals surface area (Å²) >= 11 is 0. The molecule has 0 bridgehead atoms. The second-order valence-corrected chi connectivity index (χ2v) is 6.94. The van der Waals surface area contributed by atoms with Crippen LogP contribution >= 0.6 is 0 Å². The van der Waals surface area contributed by atoms with E-state index in [-0.39, 0.29) is 5.75 Å². The molecule has 0 rings (SSSR count). The van der Waals surface area contributed by atoms with E-state index in [1.165, 1.54) is 32.1 Å². The van der Waals surface area contributed by atoms with Crippen molar-refractivity contribution in [2.45, 2.75) is 45.4 Å². The van der Waals surface area contributed by atoms with E-state index in [1.807, 2.05) is 0 Å². The molecule has 0 amide bonds. The van der Waals surface area contributed by atoms with Crippen LogP contribution in [-0.2, 0) is 10.1 Å². The van der Waals surface area contributed by atoms with E-state index in [2.05, 4.69) is 21.0 Å². The fraction of sp³-hybridized carbons (Fsp3) is 1.00. The monoisotopic (exact) mass is 265 g/mol. The molecule has 5 heteroatoms. The van der Waals surface area contributed by atoms with Gasteiger partial charge in [-0.1, -0.05) is 26.2 Å². The summed E-state index contributed by atoms with van der Waals surface area (Å²) in [5, 5.41) is 0. The first-order valence-electron chi connectivity index (χ1n) is 6.52. The Labute approximate surface area is 106 Å². The van der Waals surface area contributed by atoms with E-state index >= 15 is 0 Å². The van der Waals surface area contributed by atoms with Crippen molar-refractivity contribution in [2.75, 3.05) is 32.9 Å². The van der Waals surface area contributed by atoms with Crippen LogP contribution in [0.5, 0.6) is 0 Å². The quantitative estimate of drug-likeness (QED) is 0.345. The van der Waals surface area contributed by atoms with Gasteiger partial charge in [-0.05, 0) is 12.8 Å². The number of hydrogen-bond donors (Lipinski definition) is 0. The number of unbranched alkanes of at least 4 members (excludes halogenated alkanes) is 4. The second-order valence-electron chi connectivity index (χ2n) is 5.41. The highest BCUT2D eigenvalue weighted by molar-refractivity contribution is 7.85. The highest BCUT2D eigenvalue weighted by Crippen LogP contribution is 2.08. The van der Waals surface area contributed by atoms with Crippen molar-refractivity contribution >= 4 is 10.1 Å². The van der Waals surface area contributed by atoms with Crippen LogP contribution in [0.25, 0.3) is 0 Å². The van der Waals surface area contributed by atoms with Crippen LogP contribution in [0, 0.1) is 0 Å². The van der Waals surface area contributed by atoms with Crippen LogP contribution in [0.1, 0.15) is 45.4 Å². The predicted molar refractivity (Wildman–Crippen MR) is 69.8 cm³/mol. The molecule has 0 aromatic carbocycles. The summed E-state index contributed by atoms with van der Waals surface area (Å²) in [6.45, 7) is 4.02.